The van der Waals surface area contributed by atoms with E-state index in [0.29, 0.717) is 4.47 Å². The van der Waals surface area contributed by atoms with E-state index in [-0.39, 0.29) is 11.9 Å². The highest BCUT2D eigenvalue weighted by Gasteiger charge is 2.19. The van der Waals surface area contributed by atoms with Crippen LogP contribution in [0.25, 0.3) is 0 Å². The molecule has 0 spiro atoms. The van der Waals surface area contributed by atoms with Crippen LogP contribution in [0.2, 0.25) is 0 Å². The Bertz CT molecular complexity index is 619. The Kier molecular flexibility index (Phi) is 4.75. The standard InChI is InChI=1S/C15H16BrFN2O/c1-9-8-10(20-2)6-7-11(9)15(19-18)12-4-3-5-13(17)14(12)16/h3-8,15,19H,18H2,1-2H3. The zero-order valence-electron chi connectivity index (χ0n) is 11.3. The molecule has 1 unspecified atom stereocenters. The Hall–Kier alpha value is -1.43. The van der Waals surface area contributed by atoms with Gasteiger partial charge in [-0.3, -0.25) is 5.84 Å². The van der Waals surface area contributed by atoms with Gasteiger partial charge in [-0.2, -0.15) is 0 Å². The van der Waals surface area contributed by atoms with Crippen LogP contribution in [0, 0.1) is 12.7 Å². The summed E-state index contributed by atoms with van der Waals surface area (Å²) in [6.45, 7) is 1.97. The molecule has 2 aromatic rings. The molecule has 1 atom stereocenters. The Labute approximate surface area is 126 Å². The van der Waals surface area contributed by atoms with Gasteiger partial charge >= 0.3 is 0 Å². The number of nitrogens with one attached hydrogen (secondary N) is 1. The number of hydrogen-bond donors (Lipinski definition) is 2. The van der Waals surface area contributed by atoms with Crippen molar-refractivity contribution in [3.63, 3.8) is 0 Å². The van der Waals surface area contributed by atoms with Gasteiger partial charge in [-0.25, -0.2) is 9.82 Å². The lowest BCUT2D eigenvalue weighted by Crippen LogP contribution is -2.29. The van der Waals surface area contributed by atoms with Gasteiger partial charge < -0.3 is 4.74 Å². The first-order valence-electron chi connectivity index (χ1n) is 6.13. The molecular formula is C15H16BrFN2O. The predicted molar refractivity (Wildman–Crippen MR) is 81.0 cm³/mol. The Morgan fingerprint density at radius 3 is 2.60 bits per heavy atom. The molecule has 3 N–H and O–H groups in total. The molecule has 0 fully saturated rings. The number of rotatable bonds is 4. The fourth-order valence-electron chi connectivity index (χ4n) is 2.19. The van der Waals surface area contributed by atoms with E-state index in [9.17, 15) is 4.39 Å². The predicted octanol–water partition coefficient (Wildman–Crippen LogP) is 3.46. The lowest BCUT2D eigenvalue weighted by Gasteiger charge is -2.21. The first kappa shape index (κ1) is 15.0. The Morgan fingerprint density at radius 2 is 2.00 bits per heavy atom. The maximum absolute atomic E-state index is 13.7. The van der Waals surface area contributed by atoms with Crippen molar-refractivity contribution in [2.24, 2.45) is 5.84 Å². The van der Waals surface area contributed by atoms with Crippen LogP contribution in [0.5, 0.6) is 5.75 Å². The summed E-state index contributed by atoms with van der Waals surface area (Å²) in [4.78, 5) is 0. The molecule has 0 bridgehead atoms. The maximum atomic E-state index is 13.7. The number of hydrazine groups is 1. The van der Waals surface area contributed by atoms with Crippen LogP contribution >= 0.6 is 15.9 Å². The molecule has 0 saturated carbocycles. The van der Waals surface area contributed by atoms with E-state index < -0.39 is 0 Å². The maximum Gasteiger partial charge on any atom is 0.137 e. The van der Waals surface area contributed by atoms with Gasteiger partial charge in [0.05, 0.1) is 17.6 Å². The first-order valence-corrected chi connectivity index (χ1v) is 6.92. The molecule has 0 heterocycles. The number of benzene rings is 2. The third kappa shape index (κ3) is 2.85. The van der Waals surface area contributed by atoms with Crippen molar-refractivity contribution in [2.75, 3.05) is 7.11 Å². The van der Waals surface area contributed by atoms with Crippen LogP contribution in [0.4, 0.5) is 4.39 Å². The number of ether oxygens (including phenoxy) is 1. The van der Waals surface area contributed by atoms with Crippen LogP contribution in [0.15, 0.2) is 40.9 Å². The van der Waals surface area contributed by atoms with Crippen LogP contribution in [-0.2, 0) is 0 Å². The first-order chi connectivity index (χ1) is 9.58. The van der Waals surface area contributed by atoms with E-state index in [1.54, 1.807) is 13.2 Å². The molecule has 0 amide bonds. The molecule has 0 radical (unpaired) electrons. The van der Waals surface area contributed by atoms with E-state index in [4.69, 9.17) is 10.6 Å². The lowest BCUT2D eigenvalue weighted by atomic mass is 9.95. The quantitative estimate of drug-likeness (QED) is 0.663. The average Bonchev–Trinajstić information content (AvgIpc) is 2.45. The smallest absolute Gasteiger partial charge is 0.137 e. The van der Waals surface area contributed by atoms with Crippen molar-refractivity contribution in [1.82, 2.24) is 5.43 Å². The molecule has 0 aliphatic heterocycles. The minimum atomic E-state index is -0.311. The molecule has 20 heavy (non-hydrogen) atoms. The van der Waals surface area contributed by atoms with E-state index in [1.165, 1.54) is 6.07 Å². The molecule has 0 saturated heterocycles. The number of halogens is 2. The summed E-state index contributed by atoms with van der Waals surface area (Å²) < 4.78 is 19.3. The Balaban J connectivity index is 2.50. The number of aryl methyl sites for hydroxylation is 1. The van der Waals surface area contributed by atoms with Crippen LogP contribution < -0.4 is 16.0 Å². The van der Waals surface area contributed by atoms with E-state index >= 15 is 0 Å². The molecule has 3 nitrogen and oxygen atoms in total. The fraction of sp³-hybridized carbons (Fsp3) is 0.200. The molecule has 5 heteroatoms. The normalized spacial score (nSPS) is 12.2. The zero-order valence-corrected chi connectivity index (χ0v) is 12.9. The summed E-state index contributed by atoms with van der Waals surface area (Å²) in [6.07, 6.45) is 0. The second-order valence-electron chi connectivity index (χ2n) is 4.47. The SMILES string of the molecule is COc1ccc(C(NN)c2cccc(F)c2Br)c(C)c1. The number of methoxy groups -OCH3 is 1. The highest BCUT2D eigenvalue weighted by atomic mass is 79.9. The summed E-state index contributed by atoms with van der Waals surface area (Å²) in [5, 5.41) is 0. The van der Waals surface area contributed by atoms with E-state index in [2.05, 4.69) is 21.4 Å². The fourth-order valence-corrected chi connectivity index (χ4v) is 2.68. The second kappa shape index (κ2) is 6.35. The van der Waals surface area contributed by atoms with Crippen molar-refractivity contribution in [3.05, 3.63) is 63.4 Å². The topological polar surface area (TPSA) is 47.3 Å². The molecule has 106 valence electrons. The van der Waals surface area contributed by atoms with Crippen molar-refractivity contribution in [1.29, 1.82) is 0 Å². The van der Waals surface area contributed by atoms with E-state index in [0.717, 1.165) is 22.4 Å². The van der Waals surface area contributed by atoms with Crippen molar-refractivity contribution in [2.45, 2.75) is 13.0 Å². The van der Waals surface area contributed by atoms with Gasteiger partial charge in [0, 0.05) is 0 Å². The Morgan fingerprint density at radius 1 is 1.25 bits per heavy atom. The van der Waals surface area contributed by atoms with Gasteiger partial charge in [-0.1, -0.05) is 18.2 Å². The molecule has 0 aliphatic carbocycles. The van der Waals surface area contributed by atoms with Crippen LogP contribution in [0.1, 0.15) is 22.7 Å². The summed E-state index contributed by atoms with van der Waals surface area (Å²) in [5.74, 6) is 6.14. The lowest BCUT2D eigenvalue weighted by molar-refractivity contribution is 0.414. The van der Waals surface area contributed by atoms with E-state index in [1.807, 2.05) is 31.2 Å². The molecule has 2 aromatic carbocycles. The highest BCUT2D eigenvalue weighted by Crippen LogP contribution is 2.32. The minimum absolute atomic E-state index is 0.300. The minimum Gasteiger partial charge on any atom is -0.497 e. The van der Waals surface area contributed by atoms with Gasteiger partial charge in [0.25, 0.3) is 0 Å². The van der Waals surface area contributed by atoms with Gasteiger partial charge in [0.2, 0.25) is 0 Å². The molecule has 0 aliphatic rings. The number of hydrogen-bond acceptors (Lipinski definition) is 3. The van der Waals surface area contributed by atoms with Crippen LogP contribution in [-0.4, -0.2) is 7.11 Å². The monoisotopic (exact) mass is 338 g/mol. The third-order valence-corrected chi connectivity index (χ3v) is 4.08. The van der Waals surface area contributed by atoms with Gasteiger partial charge in [-0.05, 0) is 57.7 Å². The molecular weight excluding hydrogens is 323 g/mol. The van der Waals surface area contributed by atoms with Gasteiger partial charge in [-0.15, -0.1) is 0 Å². The second-order valence-corrected chi connectivity index (χ2v) is 5.26. The molecule has 0 aromatic heterocycles. The van der Waals surface area contributed by atoms with Crippen molar-refractivity contribution < 1.29 is 9.13 Å². The highest BCUT2D eigenvalue weighted by molar-refractivity contribution is 9.10. The molecule has 2 rings (SSSR count). The van der Waals surface area contributed by atoms with Crippen molar-refractivity contribution in [3.8, 4) is 5.75 Å². The van der Waals surface area contributed by atoms with Crippen molar-refractivity contribution >= 4 is 15.9 Å². The number of nitrogens with two attached hydrogens (primary N) is 1. The summed E-state index contributed by atoms with van der Waals surface area (Å²) in [6, 6.07) is 10.3. The van der Waals surface area contributed by atoms with Gasteiger partial charge in [0.15, 0.2) is 0 Å². The van der Waals surface area contributed by atoms with Gasteiger partial charge in [0.1, 0.15) is 11.6 Å². The zero-order chi connectivity index (χ0) is 14.7. The average molecular weight is 339 g/mol. The largest absolute Gasteiger partial charge is 0.497 e. The summed E-state index contributed by atoms with van der Waals surface area (Å²) in [5.41, 5.74) is 5.48. The van der Waals surface area contributed by atoms with Crippen LogP contribution in [0.3, 0.4) is 0 Å². The summed E-state index contributed by atoms with van der Waals surface area (Å²) in [7, 11) is 1.62. The summed E-state index contributed by atoms with van der Waals surface area (Å²) >= 11 is 3.28. The third-order valence-electron chi connectivity index (χ3n) is 3.25.